The van der Waals surface area contributed by atoms with E-state index in [1.54, 1.807) is 12.1 Å². The van der Waals surface area contributed by atoms with Gasteiger partial charge in [0.15, 0.2) is 0 Å². The molecule has 0 fully saturated rings. The maximum atomic E-state index is 8.70. The first-order valence-electron chi connectivity index (χ1n) is 3.50. The number of aliphatic hydroxyl groups excluding tert-OH is 1. The van der Waals surface area contributed by atoms with E-state index in [1.165, 1.54) is 6.20 Å². The third-order valence-corrected chi connectivity index (χ3v) is 1.49. The fourth-order valence-corrected chi connectivity index (χ4v) is 0.814. The van der Waals surface area contributed by atoms with Gasteiger partial charge < -0.3 is 10.8 Å². The van der Waals surface area contributed by atoms with Crippen molar-refractivity contribution in [2.45, 2.75) is 6.04 Å². The van der Waals surface area contributed by atoms with E-state index in [-0.39, 0.29) is 6.61 Å². The Morgan fingerprint density at radius 1 is 1.75 bits per heavy atom. The van der Waals surface area contributed by atoms with Gasteiger partial charge in [-0.15, -0.1) is 0 Å². The van der Waals surface area contributed by atoms with Crippen molar-refractivity contribution >= 4 is 0 Å². The molecular weight excluding hydrogens is 154 g/mol. The van der Waals surface area contributed by atoms with Gasteiger partial charge in [-0.05, 0) is 12.1 Å². The Kier molecular flexibility index (Phi) is 2.75. The van der Waals surface area contributed by atoms with E-state index in [0.29, 0.717) is 11.3 Å². The molecule has 1 atom stereocenters. The SMILES string of the molecule is N#Cc1ccnc([C@H](N)CO)c1. The second-order valence-corrected chi connectivity index (χ2v) is 2.37. The first-order valence-corrected chi connectivity index (χ1v) is 3.50. The molecule has 0 radical (unpaired) electrons. The summed E-state index contributed by atoms with van der Waals surface area (Å²) in [5, 5.41) is 17.2. The van der Waals surface area contributed by atoms with Gasteiger partial charge in [0.25, 0.3) is 0 Å². The summed E-state index contributed by atoms with van der Waals surface area (Å²) in [5.41, 5.74) is 6.54. The zero-order chi connectivity index (χ0) is 8.97. The summed E-state index contributed by atoms with van der Waals surface area (Å²) in [6, 6.07) is 4.63. The number of pyridine rings is 1. The van der Waals surface area contributed by atoms with Crippen LogP contribution in [0.2, 0.25) is 0 Å². The normalized spacial score (nSPS) is 12.1. The minimum atomic E-state index is -0.502. The van der Waals surface area contributed by atoms with Crippen molar-refractivity contribution in [2.75, 3.05) is 6.61 Å². The lowest BCUT2D eigenvalue weighted by atomic mass is 10.1. The number of nitrogens with two attached hydrogens (primary N) is 1. The molecule has 0 saturated carbocycles. The summed E-state index contributed by atoms with van der Waals surface area (Å²) in [4.78, 5) is 3.92. The van der Waals surface area contributed by atoms with E-state index in [4.69, 9.17) is 16.1 Å². The van der Waals surface area contributed by atoms with E-state index in [1.807, 2.05) is 6.07 Å². The van der Waals surface area contributed by atoms with Gasteiger partial charge in [-0.25, -0.2) is 0 Å². The van der Waals surface area contributed by atoms with Crippen LogP contribution in [0, 0.1) is 11.3 Å². The molecule has 0 aliphatic carbocycles. The Labute approximate surface area is 70.3 Å². The van der Waals surface area contributed by atoms with Gasteiger partial charge >= 0.3 is 0 Å². The highest BCUT2D eigenvalue weighted by atomic mass is 16.3. The molecular formula is C8H9N3O. The standard InChI is InChI=1S/C8H9N3O/c9-4-6-1-2-11-8(3-6)7(10)5-12/h1-3,7,12H,5,10H2/t7-/m1/s1. The number of hydrogen-bond acceptors (Lipinski definition) is 4. The second kappa shape index (κ2) is 3.81. The second-order valence-electron chi connectivity index (χ2n) is 2.37. The topological polar surface area (TPSA) is 82.9 Å². The molecule has 0 aliphatic heterocycles. The van der Waals surface area contributed by atoms with Crippen LogP contribution in [0.3, 0.4) is 0 Å². The molecule has 12 heavy (non-hydrogen) atoms. The Bertz CT molecular complexity index is 305. The van der Waals surface area contributed by atoms with Crippen LogP contribution in [0.1, 0.15) is 17.3 Å². The summed E-state index contributed by atoms with van der Waals surface area (Å²) in [7, 11) is 0. The first-order chi connectivity index (χ1) is 5.77. The molecule has 1 heterocycles. The first kappa shape index (κ1) is 8.65. The average molecular weight is 163 g/mol. The van der Waals surface area contributed by atoms with E-state index in [0.717, 1.165) is 0 Å². The van der Waals surface area contributed by atoms with Crippen molar-refractivity contribution in [3.63, 3.8) is 0 Å². The highest BCUT2D eigenvalue weighted by Gasteiger charge is 2.05. The van der Waals surface area contributed by atoms with Crippen molar-refractivity contribution in [1.82, 2.24) is 4.98 Å². The van der Waals surface area contributed by atoms with Crippen LogP contribution >= 0.6 is 0 Å². The van der Waals surface area contributed by atoms with Crippen LogP contribution in [0.5, 0.6) is 0 Å². The monoisotopic (exact) mass is 163 g/mol. The van der Waals surface area contributed by atoms with E-state index in [9.17, 15) is 0 Å². The quantitative estimate of drug-likeness (QED) is 0.640. The molecule has 4 heteroatoms. The highest BCUT2D eigenvalue weighted by Crippen LogP contribution is 2.07. The molecule has 1 rings (SSSR count). The van der Waals surface area contributed by atoms with Crippen molar-refractivity contribution < 1.29 is 5.11 Å². The number of nitriles is 1. The van der Waals surface area contributed by atoms with Crippen molar-refractivity contribution in [1.29, 1.82) is 5.26 Å². The lowest BCUT2D eigenvalue weighted by Gasteiger charge is -2.06. The third kappa shape index (κ3) is 1.78. The Morgan fingerprint density at radius 2 is 2.50 bits per heavy atom. The van der Waals surface area contributed by atoms with E-state index < -0.39 is 6.04 Å². The van der Waals surface area contributed by atoms with Gasteiger partial charge in [-0.2, -0.15) is 5.26 Å². The van der Waals surface area contributed by atoms with Crippen LogP contribution in [0.25, 0.3) is 0 Å². The van der Waals surface area contributed by atoms with Crippen molar-refractivity contribution in [3.8, 4) is 6.07 Å². The smallest absolute Gasteiger partial charge is 0.0992 e. The molecule has 3 N–H and O–H groups in total. The lowest BCUT2D eigenvalue weighted by Crippen LogP contribution is -2.15. The zero-order valence-corrected chi connectivity index (χ0v) is 6.44. The molecule has 0 aliphatic rings. The summed E-state index contributed by atoms with van der Waals surface area (Å²) in [6.07, 6.45) is 1.50. The molecule has 0 aromatic carbocycles. The minimum Gasteiger partial charge on any atom is -0.394 e. The number of aromatic nitrogens is 1. The van der Waals surface area contributed by atoms with E-state index in [2.05, 4.69) is 4.98 Å². The predicted octanol–water partition coefficient (Wildman–Crippen LogP) is -0.0546. The average Bonchev–Trinajstić information content (AvgIpc) is 2.17. The van der Waals surface area contributed by atoms with Crippen molar-refractivity contribution in [2.24, 2.45) is 5.73 Å². The third-order valence-electron chi connectivity index (χ3n) is 1.49. The highest BCUT2D eigenvalue weighted by molar-refractivity contribution is 5.29. The van der Waals surface area contributed by atoms with Crippen LogP contribution in [0.15, 0.2) is 18.3 Å². The van der Waals surface area contributed by atoms with Gasteiger partial charge in [0.1, 0.15) is 0 Å². The van der Waals surface area contributed by atoms with Crippen LogP contribution < -0.4 is 5.73 Å². The molecule has 1 aromatic rings. The number of aliphatic hydroxyl groups is 1. The van der Waals surface area contributed by atoms with Crippen molar-refractivity contribution in [3.05, 3.63) is 29.6 Å². The zero-order valence-electron chi connectivity index (χ0n) is 6.44. The fraction of sp³-hybridized carbons (Fsp3) is 0.250. The Hall–Kier alpha value is -1.44. The fourth-order valence-electron chi connectivity index (χ4n) is 0.814. The largest absolute Gasteiger partial charge is 0.394 e. The Morgan fingerprint density at radius 3 is 3.08 bits per heavy atom. The van der Waals surface area contributed by atoms with E-state index >= 15 is 0 Å². The molecule has 62 valence electrons. The Balaban J connectivity index is 2.95. The predicted molar refractivity (Wildman–Crippen MR) is 43.0 cm³/mol. The van der Waals surface area contributed by atoms with Crippen LogP contribution in [-0.2, 0) is 0 Å². The summed E-state index contributed by atoms with van der Waals surface area (Å²) < 4.78 is 0. The number of rotatable bonds is 2. The van der Waals surface area contributed by atoms with Gasteiger partial charge in [-0.3, -0.25) is 4.98 Å². The number of nitrogens with zero attached hydrogens (tertiary/aromatic N) is 2. The number of hydrogen-bond donors (Lipinski definition) is 2. The minimum absolute atomic E-state index is 0.165. The maximum absolute atomic E-state index is 8.70. The molecule has 0 spiro atoms. The molecule has 4 nitrogen and oxygen atoms in total. The lowest BCUT2D eigenvalue weighted by molar-refractivity contribution is 0.266. The molecule has 0 amide bonds. The molecule has 0 bridgehead atoms. The molecule has 0 unspecified atom stereocenters. The summed E-state index contributed by atoms with van der Waals surface area (Å²) in [5.74, 6) is 0. The molecule has 0 saturated heterocycles. The summed E-state index contributed by atoms with van der Waals surface area (Å²) >= 11 is 0. The maximum Gasteiger partial charge on any atom is 0.0992 e. The van der Waals surface area contributed by atoms with Gasteiger partial charge in [-0.1, -0.05) is 0 Å². The van der Waals surface area contributed by atoms with Crippen LogP contribution in [0.4, 0.5) is 0 Å². The van der Waals surface area contributed by atoms with Gasteiger partial charge in [0.05, 0.1) is 30.0 Å². The summed E-state index contributed by atoms with van der Waals surface area (Å²) in [6.45, 7) is -0.165. The molecule has 1 aromatic heterocycles. The van der Waals surface area contributed by atoms with Gasteiger partial charge in [0.2, 0.25) is 0 Å². The van der Waals surface area contributed by atoms with Gasteiger partial charge in [0, 0.05) is 6.20 Å². The van der Waals surface area contributed by atoms with Crippen LogP contribution in [-0.4, -0.2) is 16.7 Å².